The molecule has 1 saturated carbocycles. The number of ether oxygens (including phenoxy) is 1. The van der Waals surface area contributed by atoms with E-state index in [0.29, 0.717) is 12.5 Å². The Morgan fingerprint density at radius 3 is 2.57 bits per heavy atom. The first-order chi connectivity index (χ1) is 6.74. The molecule has 0 aromatic carbocycles. The normalized spacial score (nSPS) is 20.4. The molecule has 0 aliphatic heterocycles. The topological polar surface area (TPSA) is 46.5 Å². The van der Waals surface area contributed by atoms with E-state index in [0.717, 1.165) is 0 Å². The number of carbonyl (C=O) groups is 1. The molecule has 1 aliphatic rings. The third-order valence-electron chi connectivity index (χ3n) is 3.05. The predicted octanol–water partition coefficient (Wildman–Crippen LogP) is 1.74. The van der Waals surface area contributed by atoms with Gasteiger partial charge in [0.15, 0.2) is 0 Å². The van der Waals surface area contributed by atoms with Gasteiger partial charge in [-0.25, -0.2) is 0 Å². The van der Waals surface area contributed by atoms with Gasteiger partial charge in [-0.05, 0) is 18.8 Å². The fourth-order valence-corrected chi connectivity index (χ4v) is 2.17. The molecule has 0 aromatic heterocycles. The van der Waals surface area contributed by atoms with Gasteiger partial charge in [-0.2, -0.15) is 0 Å². The lowest BCUT2D eigenvalue weighted by Gasteiger charge is -2.28. The first-order valence-electron chi connectivity index (χ1n) is 5.48. The van der Waals surface area contributed by atoms with Crippen LogP contribution in [0.3, 0.4) is 0 Å². The summed E-state index contributed by atoms with van der Waals surface area (Å²) in [7, 11) is 0. The second kappa shape index (κ2) is 6.02. The van der Waals surface area contributed by atoms with E-state index in [-0.39, 0.29) is 18.5 Å². The fourth-order valence-electron chi connectivity index (χ4n) is 2.17. The van der Waals surface area contributed by atoms with Crippen LogP contribution < -0.4 is 0 Å². The van der Waals surface area contributed by atoms with Gasteiger partial charge in [0.1, 0.15) is 0 Å². The summed E-state index contributed by atoms with van der Waals surface area (Å²) in [6, 6.07) is 0. The van der Waals surface area contributed by atoms with Crippen LogP contribution in [0.25, 0.3) is 0 Å². The van der Waals surface area contributed by atoms with Crippen LogP contribution in [0.1, 0.15) is 39.0 Å². The van der Waals surface area contributed by atoms with Crippen molar-refractivity contribution in [2.24, 2.45) is 11.8 Å². The molecular formula is C11H20O3. The van der Waals surface area contributed by atoms with Crippen molar-refractivity contribution in [3.8, 4) is 0 Å². The van der Waals surface area contributed by atoms with Gasteiger partial charge in [0.05, 0.1) is 6.61 Å². The van der Waals surface area contributed by atoms with Crippen molar-refractivity contribution >= 4 is 5.97 Å². The van der Waals surface area contributed by atoms with Crippen LogP contribution in [0.5, 0.6) is 0 Å². The molecular weight excluding hydrogens is 180 g/mol. The van der Waals surface area contributed by atoms with Crippen LogP contribution in [0.4, 0.5) is 0 Å². The highest BCUT2D eigenvalue weighted by molar-refractivity contribution is 5.65. The summed E-state index contributed by atoms with van der Waals surface area (Å²) < 4.78 is 4.95. The van der Waals surface area contributed by atoms with E-state index >= 15 is 0 Å². The molecule has 1 fully saturated rings. The lowest BCUT2D eigenvalue weighted by atomic mass is 9.81. The Labute approximate surface area is 85.5 Å². The van der Waals surface area contributed by atoms with E-state index in [2.05, 4.69) is 0 Å². The van der Waals surface area contributed by atoms with E-state index in [4.69, 9.17) is 4.74 Å². The average Bonchev–Trinajstić information content (AvgIpc) is 2.20. The SMILES string of the molecule is CC(=O)OCC(CO)C1CCCCC1. The Morgan fingerprint density at radius 1 is 1.43 bits per heavy atom. The molecule has 1 rings (SSSR count). The van der Waals surface area contributed by atoms with Gasteiger partial charge in [-0.1, -0.05) is 19.3 Å². The standard InChI is InChI=1S/C11H20O3/c1-9(13)14-8-11(7-12)10-5-3-2-4-6-10/h10-12H,2-8H2,1H3. The number of rotatable bonds is 4. The number of aliphatic hydroxyl groups excluding tert-OH is 1. The third-order valence-corrected chi connectivity index (χ3v) is 3.05. The first-order valence-corrected chi connectivity index (χ1v) is 5.48. The molecule has 0 spiro atoms. The summed E-state index contributed by atoms with van der Waals surface area (Å²) in [6.07, 6.45) is 6.16. The van der Waals surface area contributed by atoms with Crippen molar-refractivity contribution < 1.29 is 14.6 Å². The van der Waals surface area contributed by atoms with E-state index in [1.165, 1.54) is 39.0 Å². The maximum absolute atomic E-state index is 10.6. The van der Waals surface area contributed by atoms with Crippen LogP contribution in [0.2, 0.25) is 0 Å². The van der Waals surface area contributed by atoms with Crippen LogP contribution in [-0.2, 0) is 9.53 Å². The van der Waals surface area contributed by atoms with Crippen molar-refractivity contribution in [2.75, 3.05) is 13.2 Å². The van der Waals surface area contributed by atoms with Gasteiger partial charge in [0.25, 0.3) is 0 Å². The highest BCUT2D eigenvalue weighted by atomic mass is 16.5. The molecule has 0 bridgehead atoms. The Kier molecular flexibility index (Phi) is 4.94. The number of aliphatic hydroxyl groups is 1. The van der Waals surface area contributed by atoms with Crippen molar-refractivity contribution in [3.05, 3.63) is 0 Å². The third kappa shape index (κ3) is 3.66. The highest BCUT2D eigenvalue weighted by Gasteiger charge is 2.23. The summed E-state index contributed by atoms with van der Waals surface area (Å²) >= 11 is 0. The molecule has 1 aliphatic carbocycles. The van der Waals surface area contributed by atoms with Crippen molar-refractivity contribution in [1.82, 2.24) is 0 Å². The summed E-state index contributed by atoms with van der Waals surface area (Å²) in [5.74, 6) is 0.451. The predicted molar refractivity (Wildman–Crippen MR) is 53.8 cm³/mol. The zero-order valence-corrected chi connectivity index (χ0v) is 8.87. The smallest absolute Gasteiger partial charge is 0.302 e. The Morgan fingerprint density at radius 2 is 2.07 bits per heavy atom. The summed E-state index contributed by atoms with van der Waals surface area (Å²) in [4.78, 5) is 10.6. The largest absolute Gasteiger partial charge is 0.465 e. The minimum Gasteiger partial charge on any atom is -0.465 e. The molecule has 0 radical (unpaired) electrons. The van der Waals surface area contributed by atoms with E-state index in [9.17, 15) is 9.90 Å². The zero-order chi connectivity index (χ0) is 10.4. The maximum atomic E-state index is 10.6. The lowest BCUT2D eigenvalue weighted by Crippen LogP contribution is -2.26. The Balaban J connectivity index is 2.31. The van der Waals surface area contributed by atoms with Crippen molar-refractivity contribution in [3.63, 3.8) is 0 Å². The zero-order valence-electron chi connectivity index (χ0n) is 8.87. The van der Waals surface area contributed by atoms with E-state index < -0.39 is 0 Å². The summed E-state index contributed by atoms with van der Waals surface area (Å²) in [5.41, 5.74) is 0. The van der Waals surface area contributed by atoms with Crippen molar-refractivity contribution in [2.45, 2.75) is 39.0 Å². The minimum atomic E-state index is -0.251. The molecule has 0 amide bonds. The Bertz CT molecular complexity index is 173. The van der Waals surface area contributed by atoms with Gasteiger partial charge in [-0.15, -0.1) is 0 Å². The quantitative estimate of drug-likeness (QED) is 0.703. The van der Waals surface area contributed by atoms with Gasteiger partial charge in [-0.3, -0.25) is 4.79 Å². The average molecular weight is 200 g/mol. The number of carbonyl (C=O) groups excluding carboxylic acids is 1. The second-order valence-electron chi connectivity index (χ2n) is 4.14. The molecule has 3 heteroatoms. The molecule has 1 atom stereocenters. The van der Waals surface area contributed by atoms with Gasteiger partial charge >= 0.3 is 5.97 Å². The molecule has 0 saturated heterocycles. The van der Waals surface area contributed by atoms with Gasteiger partial charge in [0, 0.05) is 19.4 Å². The van der Waals surface area contributed by atoms with Crippen LogP contribution in [0.15, 0.2) is 0 Å². The molecule has 1 unspecified atom stereocenters. The van der Waals surface area contributed by atoms with E-state index in [1.807, 2.05) is 0 Å². The molecule has 0 heterocycles. The van der Waals surface area contributed by atoms with Gasteiger partial charge in [0.2, 0.25) is 0 Å². The number of hydrogen-bond donors (Lipinski definition) is 1. The fraction of sp³-hybridized carbons (Fsp3) is 0.909. The molecule has 3 nitrogen and oxygen atoms in total. The molecule has 82 valence electrons. The minimum absolute atomic E-state index is 0.137. The summed E-state index contributed by atoms with van der Waals surface area (Å²) in [6.45, 7) is 1.93. The first kappa shape index (κ1) is 11.5. The molecule has 0 aromatic rings. The second-order valence-corrected chi connectivity index (χ2v) is 4.14. The van der Waals surface area contributed by atoms with Crippen LogP contribution in [-0.4, -0.2) is 24.3 Å². The monoisotopic (exact) mass is 200 g/mol. The maximum Gasteiger partial charge on any atom is 0.302 e. The Hall–Kier alpha value is -0.570. The van der Waals surface area contributed by atoms with Crippen molar-refractivity contribution in [1.29, 1.82) is 0 Å². The number of esters is 1. The van der Waals surface area contributed by atoms with Crippen LogP contribution in [0, 0.1) is 11.8 Å². The van der Waals surface area contributed by atoms with Gasteiger partial charge < -0.3 is 9.84 Å². The summed E-state index contributed by atoms with van der Waals surface area (Å²) in [5, 5.41) is 9.20. The van der Waals surface area contributed by atoms with E-state index in [1.54, 1.807) is 0 Å². The highest BCUT2D eigenvalue weighted by Crippen LogP contribution is 2.29. The number of hydrogen-bond acceptors (Lipinski definition) is 3. The molecule has 14 heavy (non-hydrogen) atoms. The lowest BCUT2D eigenvalue weighted by molar-refractivity contribution is -0.143. The van der Waals surface area contributed by atoms with Crippen LogP contribution >= 0.6 is 0 Å². The molecule has 1 N–H and O–H groups in total.